The van der Waals surface area contributed by atoms with E-state index in [0.717, 1.165) is 43.8 Å². The smallest absolute Gasteiger partial charge is 0.290 e. The first-order valence-electron chi connectivity index (χ1n) is 8.65. The Morgan fingerprint density at radius 3 is 3.16 bits per heavy atom. The third kappa shape index (κ3) is 3.28. The number of aryl methyl sites for hydroxylation is 1. The van der Waals surface area contributed by atoms with Crippen LogP contribution in [0.1, 0.15) is 24.1 Å². The number of aromatic nitrogens is 4. The number of hydrogen-bond donors (Lipinski definition) is 2. The first kappa shape index (κ1) is 15.8. The van der Waals surface area contributed by atoms with E-state index in [4.69, 9.17) is 0 Å². The predicted octanol–water partition coefficient (Wildman–Crippen LogP) is 1.48. The van der Waals surface area contributed by atoms with E-state index in [-0.39, 0.29) is 5.56 Å². The van der Waals surface area contributed by atoms with Crippen molar-refractivity contribution in [3.63, 3.8) is 0 Å². The molecule has 0 unspecified atom stereocenters. The summed E-state index contributed by atoms with van der Waals surface area (Å²) in [7, 11) is 0. The average molecular weight is 338 g/mol. The van der Waals surface area contributed by atoms with E-state index in [1.807, 2.05) is 12.3 Å². The molecule has 0 spiro atoms. The number of imidazole rings is 1. The molecule has 3 aromatic rings. The number of nitrogens with one attached hydrogen (secondary N) is 2. The van der Waals surface area contributed by atoms with Crippen LogP contribution in [-0.2, 0) is 6.54 Å². The fraction of sp³-hybridized carbons (Fsp3) is 0.389. The Hall–Kier alpha value is -2.67. The highest BCUT2D eigenvalue weighted by Gasteiger charge is 2.22. The van der Waals surface area contributed by atoms with Gasteiger partial charge in [-0.2, -0.15) is 0 Å². The number of hydrogen-bond acceptors (Lipinski definition) is 5. The zero-order valence-electron chi connectivity index (χ0n) is 14.3. The van der Waals surface area contributed by atoms with E-state index in [0.29, 0.717) is 11.9 Å². The Morgan fingerprint density at radius 1 is 1.36 bits per heavy atom. The number of pyridine rings is 1. The number of anilines is 1. The van der Waals surface area contributed by atoms with Crippen LogP contribution in [0.25, 0.3) is 5.65 Å². The minimum Gasteiger partial charge on any atom is -0.350 e. The predicted molar refractivity (Wildman–Crippen MR) is 96.9 cm³/mol. The van der Waals surface area contributed by atoms with Crippen molar-refractivity contribution in [2.75, 3.05) is 18.0 Å². The van der Waals surface area contributed by atoms with Crippen molar-refractivity contribution >= 4 is 11.5 Å². The van der Waals surface area contributed by atoms with E-state index in [1.165, 1.54) is 5.56 Å². The quantitative estimate of drug-likeness (QED) is 0.753. The Bertz CT molecular complexity index is 930. The summed E-state index contributed by atoms with van der Waals surface area (Å²) in [5.41, 5.74) is 3.20. The summed E-state index contributed by atoms with van der Waals surface area (Å²) in [6.45, 7) is 4.49. The lowest BCUT2D eigenvalue weighted by Gasteiger charge is -2.33. The van der Waals surface area contributed by atoms with Crippen LogP contribution in [-0.4, -0.2) is 38.5 Å². The summed E-state index contributed by atoms with van der Waals surface area (Å²) in [6, 6.07) is 4.43. The first-order valence-corrected chi connectivity index (χ1v) is 8.65. The van der Waals surface area contributed by atoms with Crippen molar-refractivity contribution in [2.24, 2.45) is 0 Å². The normalized spacial score (nSPS) is 18.0. The molecule has 7 heteroatoms. The van der Waals surface area contributed by atoms with Gasteiger partial charge in [0.15, 0.2) is 5.82 Å². The molecule has 1 fully saturated rings. The van der Waals surface area contributed by atoms with Crippen molar-refractivity contribution in [3.05, 3.63) is 58.5 Å². The van der Waals surface area contributed by atoms with Crippen molar-refractivity contribution in [1.82, 2.24) is 24.7 Å². The molecule has 4 rings (SSSR count). The highest BCUT2D eigenvalue weighted by atomic mass is 16.1. The summed E-state index contributed by atoms with van der Waals surface area (Å²) in [4.78, 5) is 25.4. The second-order valence-electron chi connectivity index (χ2n) is 6.59. The average Bonchev–Trinajstić information content (AvgIpc) is 3.03. The van der Waals surface area contributed by atoms with Gasteiger partial charge in [-0.15, -0.1) is 0 Å². The second-order valence-corrected chi connectivity index (χ2v) is 6.59. The van der Waals surface area contributed by atoms with Crippen LogP contribution >= 0.6 is 0 Å². The van der Waals surface area contributed by atoms with Crippen LogP contribution < -0.4 is 15.8 Å². The number of nitrogens with zero attached hydrogens (tertiary/aromatic N) is 4. The highest BCUT2D eigenvalue weighted by Crippen LogP contribution is 2.15. The molecule has 3 aromatic heterocycles. The molecule has 1 atom stereocenters. The number of rotatable bonds is 4. The zero-order chi connectivity index (χ0) is 17.2. The number of aromatic amines is 1. The third-order valence-electron chi connectivity index (χ3n) is 4.71. The largest absolute Gasteiger partial charge is 0.350 e. The Kier molecular flexibility index (Phi) is 4.23. The van der Waals surface area contributed by atoms with Crippen LogP contribution in [0.4, 0.5) is 5.82 Å². The first-order chi connectivity index (χ1) is 12.2. The minimum absolute atomic E-state index is 0.125. The number of piperidine rings is 1. The molecule has 2 N–H and O–H groups in total. The van der Waals surface area contributed by atoms with Gasteiger partial charge in [0.05, 0.1) is 11.9 Å². The van der Waals surface area contributed by atoms with Crippen LogP contribution in [0.3, 0.4) is 0 Å². The number of H-pyrrole nitrogens is 1. The lowest BCUT2D eigenvalue weighted by Crippen LogP contribution is -2.47. The fourth-order valence-corrected chi connectivity index (χ4v) is 3.42. The lowest BCUT2D eigenvalue weighted by atomic mass is 10.1. The van der Waals surface area contributed by atoms with Gasteiger partial charge in [-0.1, -0.05) is 6.07 Å². The molecule has 1 saturated heterocycles. The molecule has 0 radical (unpaired) electrons. The molecule has 25 heavy (non-hydrogen) atoms. The Labute approximate surface area is 145 Å². The number of fused-ring (bicyclic) bond motifs is 1. The van der Waals surface area contributed by atoms with E-state index < -0.39 is 0 Å². The van der Waals surface area contributed by atoms with Gasteiger partial charge in [-0.3, -0.25) is 4.79 Å². The van der Waals surface area contributed by atoms with E-state index in [2.05, 4.69) is 48.8 Å². The Balaban J connectivity index is 1.45. The lowest BCUT2D eigenvalue weighted by molar-refractivity contribution is 0.417. The summed E-state index contributed by atoms with van der Waals surface area (Å²) in [5.74, 6) is 0.513. The van der Waals surface area contributed by atoms with Crippen LogP contribution in [0.15, 0.2) is 41.7 Å². The molecule has 7 nitrogen and oxygen atoms in total. The topological polar surface area (TPSA) is 78.3 Å². The zero-order valence-corrected chi connectivity index (χ0v) is 14.3. The minimum atomic E-state index is -0.125. The molecule has 0 aromatic carbocycles. The maximum absolute atomic E-state index is 12.0. The van der Waals surface area contributed by atoms with Crippen LogP contribution in [0.5, 0.6) is 0 Å². The van der Waals surface area contributed by atoms with Crippen molar-refractivity contribution in [1.29, 1.82) is 0 Å². The molecular weight excluding hydrogens is 316 g/mol. The maximum atomic E-state index is 12.0. The van der Waals surface area contributed by atoms with Gasteiger partial charge in [0.2, 0.25) is 0 Å². The summed E-state index contributed by atoms with van der Waals surface area (Å²) in [6.07, 6.45) is 9.37. The molecular formula is C18H22N6O. The van der Waals surface area contributed by atoms with Crippen molar-refractivity contribution in [2.45, 2.75) is 32.4 Å². The molecule has 0 aliphatic carbocycles. The van der Waals surface area contributed by atoms with Gasteiger partial charge >= 0.3 is 0 Å². The Morgan fingerprint density at radius 2 is 2.28 bits per heavy atom. The maximum Gasteiger partial charge on any atom is 0.290 e. The van der Waals surface area contributed by atoms with Gasteiger partial charge in [0.1, 0.15) is 5.65 Å². The SMILES string of the molecule is Cc1ccc2ncc(CN[C@@H]3CCCN(c4ncc[nH]c4=O)C3)n2c1. The van der Waals surface area contributed by atoms with Gasteiger partial charge in [0, 0.05) is 44.3 Å². The molecule has 0 amide bonds. The summed E-state index contributed by atoms with van der Waals surface area (Å²) >= 11 is 0. The molecule has 130 valence electrons. The molecule has 0 bridgehead atoms. The third-order valence-corrected chi connectivity index (χ3v) is 4.71. The van der Waals surface area contributed by atoms with Crippen molar-refractivity contribution < 1.29 is 0 Å². The van der Waals surface area contributed by atoms with E-state index in [1.54, 1.807) is 12.4 Å². The second kappa shape index (κ2) is 6.68. The highest BCUT2D eigenvalue weighted by molar-refractivity contribution is 5.41. The van der Waals surface area contributed by atoms with Gasteiger partial charge in [0.25, 0.3) is 5.56 Å². The molecule has 1 aliphatic heterocycles. The summed E-state index contributed by atoms with van der Waals surface area (Å²) < 4.78 is 2.13. The fourth-order valence-electron chi connectivity index (χ4n) is 3.42. The van der Waals surface area contributed by atoms with Gasteiger partial charge in [-0.05, 0) is 31.4 Å². The molecule has 4 heterocycles. The van der Waals surface area contributed by atoms with Crippen molar-refractivity contribution in [3.8, 4) is 0 Å². The van der Waals surface area contributed by atoms with E-state index in [9.17, 15) is 4.79 Å². The molecule has 1 aliphatic rings. The summed E-state index contributed by atoms with van der Waals surface area (Å²) in [5, 5.41) is 3.61. The van der Waals surface area contributed by atoms with Gasteiger partial charge < -0.3 is 19.6 Å². The van der Waals surface area contributed by atoms with Gasteiger partial charge in [-0.25, -0.2) is 9.97 Å². The molecule has 0 saturated carbocycles. The standard InChI is InChI=1S/C18H22N6O/c1-13-4-5-16-22-10-15(24(16)11-13)9-21-14-3-2-8-23(12-14)17-18(25)20-7-6-19-17/h4-7,10-11,14,21H,2-3,8-9,12H2,1H3,(H,20,25)/t14-/m1/s1. The van der Waals surface area contributed by atoms with E-state index >= 15 is 0 Å². The van der Waals surface area contributed by atoms with Crippen LogP contribution in [0, 0.1) is 6.92 Å². The monoisotopic (exact) mass is 338 g/mol. The van der Waals surface area contributed by atoms with Crippen LogP contribution in [0.2, 0.25) is 0 Å².